The standard InChI is InChI=1S/C15H15NO3S/c1-11-8-9-14(12(2)17)15(10-11)16-20(18,19)13-6-4-3-5-7-13/h3-10,16H,1-2H3. The second-order valence-corrected chi connectivity index (χ2v) is 6.21. The molecule has 4 nitrogen and oxygen atoms in total. The Kier molecular flexibility index (Phi) is 3.90. The minimum atomic E-state index is -3.69. The van der Waals surface area contributed by atoms with E-state index in [9.17, 15) is 13.2 Å². The molecule has 5 heteroatoms. The number of carbonyl (C=O) groups excluding carboxylic acids is 1. The van der Waals surface area contributed by atoms with E-state index in [1.165, 1.54) is 19.1 Å². The molecule has 0 heterocycles. The number of hydrogen-bond acceptors (Lipinski definition) is 3. The van der Waals surface area contributed by atoms with Crippen LogP contribution in [0, 0.1) is 6.92 Å². The van der Waals surface area contributed by atoms with Gasteiger partial charge in [-0.05, 0) is 43.7 Å². The van der Waals surface area contributed by atoms with Gasteiger partial charge in [0.1, 0.15) is 0 Å². The zero-order chi connectivity index (χ0) is 14.8. The molecule has 0 aromatic heterocycles. The third-order valence-corrected chi connectivity index (χ3v) is 4.23. The number of nitrogens with one attached hydrogen (secondary N) is 1. The minimum absolute atomic E-state index is 0.163. The molecule has 104 valence electrons. The minimum Gasteiger partial charge on any atom is -0.294 e. The summed E-state index contributed by atoms with van der Waals surface area (Å²) < 4.78 is 27.0. The molecule has 0 fully saturated rings. The van der Waals surface area contributed by atoms with E-state index in [1.54, 1.807) is 36.4 Å². The molecule has 0 saturated carbocycles. The SMILES string of the molecule is CC(=O)c1ccc(C)cc1NS(=O)(=O)c1ccccc1. The van der Waals surface area contributed by atoms with Gasteiger partial charge in [0.25, 0.3) is 10.0 Å². The van der Waals surface area contributed by atoms with Crippen LogP contribution in [0.15, 0.2) is 53.4 Å². The van der Waals surface area contributed by atoms with Crippen molar-refractivity contribution in [2.24, 2.45) is 0 Å². The summed E-state index contributed by atoms with van der Waals surface area (Å²) in [6.45, 7) is 3.25. The number of sulfonamides is 1. The summed E-state index contributed by atoms with van der Waals surface area (Å²) >= 11 is 0. The number of ketones is 1. The van der Waals surface area contributed by atoms with Gasteiger partial charge < -0.3 is 0 Å². The van der Waals surface area contributed by atoms with E-state index < -0.39 is 10.0 Å². The van der Waals surface area contributed by atoms with E-state index >= 15 is 0 Å². The number of Topliss-reactive ketones (excluding diaryl/α,β-unsaturated/α-hetero) is 1. The number of hydrogen-bond donors (Lipinski definition) is 1. The van der Waals surface area contributed by atoms with Gasteiger partial charge in [0, 0.05) is 5.56 Å². The highest BCUT2D eigenvalue weighted by molar-refractivity contribution is 7.92. The molecule has 0 amide bonds. The van der Waals surface area contributed by atoms with E-state index in [1.807, 2.05) is 6.92 Å². The Morgan fingerprint density at radius 1 is 1.05 bits per heavy atom. The molecule has 2 rings (SSSR count). The second-order valence-electron chi connectivity index (χ2n) is 4.52. The Balaban J connectivity index is 2.44. The first kappa shape index (κ1) is 14.3. The average Bonchev–Trinajstić information content (AvgIpc) is 2.39. The molecule has 0 aliphatic heterocycles. The molecular formula is C15H15NO3S. The van der Waals surface area contributed by atoms with Gasteiger partial charge in [-0.2, -0.15) is 0 Å². The molecule has 0 unspecified atom stereocenters. The van der Waals surface area contributed by atoms with Crippen LogP contribution in [0.5, 0.6) is 0 Å². The fourth-order valence-electron chi connectivity index (χ4n) is 1.85. The lowest BCUT2D eigenvalue weighted by molar-refractivity contribution is 0.101. The fraction of sp³-hybridized carbons (Fsp3) is 0.133. The Labute approximate surface area is 118 Å². The summed E-state index contributed by atoms with van der Waals surface area (Å²) in [6, 6.07) is 13.1. The van der Waals surface area contributed by atoms with Gasteiger partial charge in [-0.3, -0.25) is 9.52 Å². The molecule has 0 radical (unpaired) electrons. The van der Waals surface area contributed by atoms with Crippen LogP contribution < -0.4 is 4.72 Å². The summed E-state index contributed by atoms with van der Waals surface area (Å²) in [5.74, 6) is -0.184. The van der Waals surface area contributed by atoms with E-state index in [0.717, 1.165) is 5.56 Å². The number of anilines is 1. The largest absolute Gasteiger partial charge is 0.294 e. The molecule has 1 N–H and O–H groups in total. The molecule has 0 spiro atoms. The van der Waals surface area contributed by atoms with Crippen LogP contribution in [0.1, 0.15) is 22.8 Å². The van der Waals surface area contributed by atoms with E-state index in [4.69, 9.17) is 0 Å². The van der Waals surface area contributed by atoms with Gasteiger partial charge in [-0.15, -0.1) is 0 Å². The second kappa shape index (κ2) is 5.46. The van der Waals surface area contributed by atoms with Gasteiger partial charge in [0.15, 0.2) is 5.78 Å². The predicted molar refractivity (Wildman–Crippen MR) is 78.4 cm³/mol. The number of benzene rings is 2. The first-order valence-electron chi connectivity index (χ1n) is 6.09. The van der Waals surface area contributed by atoms with Crippen LogP contribution in [0.25, 0.3) is 0 Å². The van der Waals surface area contributed by atoms with Crippen LogP contribution in [0.3, 0.4) is 0 Å². The lowest BCUT2D eigenvalue weighted by Crippen LogP contribution is -2.15. The lowest BCUT2D eigenvalue weighted by Gasteiger charge is -2.12. The van der Waals surface area contributed by atoms with Gasteiger partial charge >= 0.3 is 0 Å². The summed E-state index contributed by atoms with van der Waals surface area (Å²) in [5, 5.41) is 0. The molecule has 0 aliphatic carbocycles. The van der Waals surface area contributed by atoms with Crippen molar-refractivity contribution in [3.8, 4) is 0 Å². The third kappa shape index (κ3) is 3.05. The van der Waals surface area contributed by atoms with Crippen LogP contribution in [0.4, 0.5) is 5.69 Å². The summed E-state index contributed by atoms with van der Waals surface area (Å²) in [5.41, 5.74) is 1.54. The van der Waals surface area contributed by atoms with Crippen molar-refractivity contribution in [2.45, 2.75) is 18.7 Å². The Morgan fingerprint density at radius 3 is 2.30 bits per heavy atom. The van der Waals surface area contributed by atoms with Crippen LogP contribution in [-0.2, 0) is 10.0 Å². The molecule has 0 bridgehead atoms. The first-order chi connectivity index (χ1) is 9.40. The van der Waals surface area contributed by atoms with Gasteiger partial charge in [-0.1, -0.05) is 24.3 Å². The van der Waals surface area contributed by atoms with Crippen molar-refractivity contribution in [3.63, 3.8) is 0 Å². The maximum absolute atomic E-state index is 12.3. The van der Waals surface area contributed by atoms with Crippen molar-refractivity contribution in [3.05, 3.63) is 59.7 Å². The molecular weight excluding hydrogens is 274 g/mol. The highest BCUT2D eigenvalue weighted by Crippen LogP contribution is 2.22. The number of rotatable bonds is 4. The predicted octanol–water partition coefficient (Wildman–Crippen LogP) is 3.00. The highest BCUT2D eigenvalue weighted by atomic mass is 32.2. The van der Waals surface area contributed by atoms with Crippen LogP contribution >= 0.6 is 0 Å². The van der Waals surface area contributed by atoms with E-state index in [0.29, 0.717) is 11.3 Å². The Hall–Kier alpha value is -2.14. The summed E-state index contributed by atoms with van der Waals surface area (Å²) in [7, 11) is -3.69. The number of aryl methyl sites for hydroxylation is 1. The van der Waals surface area contributed by atoms with Crippen LogP contribution in [-0.4, -0.2) is 14.2 Å². The van der Waals surface area contributed by atoms with Crippen molar-refractivity contribution in [1.29, 1.82) is 0 Å². The number of carbonyl (C=O) groups is 1. The smallest absolute Gasteiger partial charge is 0.261 e. The molecule has 0 atom stereocenters. The quantitative estimate of drug-likeness (QED) is 0.880. The zero-order valence-corrected chi connectivity index (χ0v) is 12.1. The van der Waals surface area contributed by atoms with Crippen molar-refractivity contribution in [2.75, 3.05) is 4.72 Å². The third-order valence-electron chi connectivity index (χ3n) is 2.85. The lowest BCUT2D eigenvalue weighted by atomic mass is 10.1. The Morgan fingerprint density at radius 2 is 1.70 bits per heavy atom. The topological polar surface area (TPSA) is 63.2 Å². The zero-order valence-electron chi connectivity index (χ0n) is 11.3. The fourth-order valence-corrected chi connectivity index (χ4v) is 2.94. The average molecular weight is 289 g/mol. The summed E-state index contributed by atoms with van der Waals surface area (Å²) in [6.07, 6.45) is 0. The van der Waals surface area contributed by atoms with E-state index in [-0.39, 0.29) is 10.7 Å². The van der Waals surface area contributed by atoms with Gasteiger partial charge in [0.2, 0.25) is 0 Å². The van der Waals surface area contributed by atoms with Crippen molar-refractivity contribution < 1.29 is 13.2 Å². The van der Waals surface area contributed by atoms with Gasteiger partial charge in [0.05, 0.1) is 10.6 Å². The molecule has 0 aliphatic rings. The van der Waals surface area contributed by atoms with Crippen molar-refractivity contribution >= 4 is 21.5 Å². The maximum atomic E-state index is 12.3. The maximum Gasteiger partial charge on any atom is 0.261 e. The molecule has 20 heavy (non-hydrogen) atoms. The first-order valence-corrected chi connectivity index (χ1v) is 7.58. The monoisotopic (exact) mass is 289 g/mol. The van der Waals surface area contributed by atoms with Crippen molar-refractivity contribution in [1.82, 2.24) is 0 Å². The molecule has 2 aromatic carbocycles. The Bertz CT molecular complexity index is 737. The van der Waals surface area contributed by atoms with E-state index in [2.05, 4.69) is 4.72 Å². The molecule has 2 aromatic rings. The molecule has 0 saturated heterocycles. The highest BCUT2D eigenvalue weighted by Gasteiger charge is 2.17. The summed E-state index contributed by atoms with van der Waals surface area (Å²) in [4.78, 5) is 11.7. The van der Waals surface area contributed by atoms with Crippen LogP contribution in [0.2, 0.25) is 0 Å². The van der Waals surface area contributed by atoms with Gasteiger partial charge in [-0.25, -0.2) is 8.42 Å². The normalized spacial score (nSPS) is 11.1.